The molecule has 0 unspecified atom stereocenters. The Bertz CT molecular complexity index is 1040. The molecule has 120 valence electrons. The highest BCUT2D eigenvalue weighted by atomic mass is 32.2. The Balaban J connectivity index is 2.16. The SMILES string of the molecule is CNS(=O)(=O)c1ccc(-c2cn3[nH]c(=O)ncc3n2)c(OC)c1. The minimum absolute atomic E-state index is 0.0828. The lowest BCUT2D eigenvalue weighted by atomic mass is 10.1. The number of nitrogens with one attached hydrogen (secondary N) is 2. The zero-order chi connectivity index (χ0) is 16.6. The predicted octanol–water partition coefficient (Wildman–Crippen LogP) is 0.00130. The number of rotatable bonds is 4. The Morgan fingerprint density at radius 3 is 2.83 bits per heavy atom. The lowest BCUT2D eigenvalue weighted by Gasteiger charge is -2.09. The fraction of sp³-hybridized carbons (Fsp3) is 0.154. The van der Waals surface area contributed by atoms with Gasteiger partial charge in [0.2, 0.25) is 10.0 Å². The van der Waals surface area contributed by atoms with E-state index in [1.807, 2.05) is 0 Å². The van der Waals surface area contributed by atoms with Crippen LogP contribution in [-0.4, -0.2) is 42.2 Å². The molecular formula is C13H13N5O4S. The molecule has 0 bridgehead atoms. The quantitative estimate of drug-likeness (QED) is 0.693. The van der Waals surface area contributed by atoms with Gasteiger partial charge in [-0.25, -0.2) is 32.5 Å². The predicted molar refractivity (Wildman–Crippen MR) is 81.8 cm³/mol. The van der Waals surface area contributed by atoms with Crippen LogP contribution >= 0.6 is 0 Å². The summed E-state index contributed by atoms with van der Waals surface area (Å²) < 4.78 is 32.7. The first-order valence-electron chi connectivity index (χ1n) is 6.51. The molecule has 1 aromatic carbocycles. The summed E-state index contributed by atoms with van der Waals surface area (Å²) in [6, 6.07) is 4.46. The Morgan fingerprint density at radius 2 is 2.13 bits per heavy atom. The van der Waals surface area contributed by atoms with Crippen molar-refractivity contribution in [2.24, 2.45) is 0 Å². The van der Waals surface area contributed by atoms with Crippen LogP contribution in [-0.2, 0) is 10.0 Å². The van der Waals surface area contributed by atoms with E-state index in [9.17, 15) is 13.2 Å². The molecule has 0 fully saturated rings. The molecule has 0 amide bonds. The van der Waals surface area contributed by atoms with Crippen molar-refractivity contribution < 1.29 is 13.2 Å². The molecule has 0 aliphatic carbocycles. The Morgan fingerprint density at radius 1 is 1.35 bits per heavy atom. The fourth-order valence-corrected chi connectivity index (χ4v) is 2.87. The number of sulfonamides is 1. The van der Waals surface area contributed by atoms with E-state index in [1.54, 1.807) is 12.3 Å². The first-order valence-corrected chi connectivity index (χ1v) is 7.99. The van der Waals surface area contributed by atoms with E-state index in [4.69, 9.17) is 4.74 Å². The number of fused-ring (bicyclic) bond motifs is 1. The van der Waals surface area contributed by atoms with Crippen molar-refractivity contribution in [3.05, 3.63) is 41.1 Å². The molecular weight excluding hydrogens is 322 g/mol. The standard InChI is InChI=1S/C13H13N5O4S/c1-14-23(20,21)8-3-4-9(11(5-8)22-2)10-7-18-12(16-10)6-15-13(19)17-18/h3-7,14H,1-2H3,(H,17,19). The van der Waals surface area contributed by atoms with Gasteiger partial charge in [0.15, 0.2) is 5.65 Å². The lowest BCUT2D eigenvalue weighted by molar-refractivity contribution is 0.415. The number of hydrogen-bond donors (Lipinski definition) is 2. The summed E-state index contributed by atoms with van der Waals surface area (Å²) in [5, 5.41) is 2.50. The zero-order valence-electron chi connectivity index (χ0n) is 12.3. The van der Waals surface area contributed by atoms with Crippen molar-refractivity contribution in [3.8, 4) is 17.0 Å². The van der Waals surface area contributed by atoms with Gasteiger partial charge in [-0.1, -0.05) is 0 Å². The van der Waals surface area contributed by atoms with E-state index in [2.05, 4.69) is 19.8 Å². The van der Waals surface area contributed by atoms with Gasteiger partial charge in [0, 0.05) is 11.6 Å². The molecule has 10 heteroatoms. The molecule has 0 saturated heterocycles. The topological polar surface area (TPSA) is 118 Å². The van der Waals surface area contributed by atoms with Crippen molar-refractivity contribution in [3.63, 3.8) is 0 Å². The van der Waals surface area contributed by atoms with Gasteiger partial charge in [0.1, 0.15) is 5.75 Å². The summed E-state index contributed by atoms with van der Waals surface area (Å²) in [4.78, 5) is 19.2. The van der Waals surface area contributed by atoms with E-state index in [0.29, 0.717) is 22.7 Å². The summed E-state index contributed by atoms with van der Waals surface area (Å²) in [5.74, 6) is 0.347. The molecule has 9 nitrogen and oxygen atoms in total. The van der Waals surface area contributed by atoms with Crippen LogP contribution in [0.1, 0.15) is 0 Å². The van der Waals surface area contributed by atoms with Crippen LogP contribution in [0.5, 0.6) is 5.75 Å². The highest BCUT2D eigenvalue weighted by Crippen LogP contribution is 2.31. The van der Waals surface area contributed by atoms with Crippen LogP contribution in [0.25, 0.3) is 16.9 Å². The summed E-state index contributed by atoms with van der Waals surface area (Å²) in [6.07, 6.45) is 2.94. The van der Waals surface area contributed by atoms with Crippen molar-refractivity contribution in [2.45, 2.75) is 4.90 Å². The largest absolute Gasteiger partial charge is 0.496 e. The number of benzene rings is 1. The minimum atomic E-state index is -3.57. The molecule has 0 spiro atoms. The molecule has 0 aliphatic heterocycles. The fourth-order valence-electron chi connectivity index (χ4n) is 2.12. The van der Waals surface area contributed by atoms with E-state index in [-0.39, 0.29) is 4.90 Å². The van der Waals surface area contributed by atoms with Gasteiger partial charge >= 0.3 is 5.69 Å². The second-order valence-corrected chi connectivity index (χ2v) is 6.49. The zero-order valence-corrected chi connectivity index (χ0v) is 13.1. The van der Waals surface area contributed by atoms with Crippen molar-refractivity contribution in [2.75, 3.05) is 14.2 Å². The second kappa shape index (κ2) is 5.48. The van der Waals surface area contributed by atoms with Gasteiger partial charge in [0.05, 0.1) is 30.1 Å². The van der Waals surface area contributed by atoms with Gasteiger partial charge < -0.3 is 4.74 Å². The number of H-pyrrole nitrogens is 1. The van der Waals surface area contributed by atoms with Crippen LogP contribution < -0.4 is 15.1 Å². The van der Waals surface area contributed by atoms with Crippen LogP contribution in [0.4, 0.5) is 0 Å². The highest BCUT2D eigenvalue weighted by Gasteiger charge is 2.17. The van der Waals surface area contributed by atoms with Crippen molar-refractivity contribution in [1.82, 2.24) is 24.3 Å². The number of methoxy groups -OCH3 is 1. The average molecular weight is 335 g/mol. The summed E-state index contributed by atoms with van der Waals surface area (Å²) in [6.45, 7) is 0. The molecule has 2 aromatic heterocycles. The summed E-state index contributed by atoms with van der Waals surface area (Å²) in [5.41, 5.74) is 1.06. The molecule has 2 heterocycles. The maximum Gasteiger partial charge on any atom is 0.360 e. The van der Waals surface area contributed by atoms with Crippen molar-refractivity contribution in [1.29, 1.82) is 0 Å². The van der Waals surface area contributed by atoms with Crippen LogP contribution in [0.3, 0.4) is 0 Å². The van der Waals surface area contributed by atoms with Gasteiger partial charge in [-0.15, -0.1) is 0 Å². The Labute approximate surface area is 131 Å². The normalized spacial score (nSPS) is 11.7. The Kier molecular flexibility index (Phi) is 3.62. The minimum Gasteiger partial charge on any atom is -0.496 e. The van der Waals surface area contributed by atoms with Crippen molar-refractivity contribution >= 4 is 15.7 Å². The van der Waals surface area contributed by atoms with Crippen LogP contribution in [0.15, 0.2) is 40.3 Å². The number of nitrogens with zero attached hydrogens (tertiary/aromatic N) is 3. The second-order valence-electron chi connectivity index (χ2n) is 4.60. The van der Waals surface area contributed by atoms with E-state index in [0.717, 1.165) is 0 Å². The average Bonchev–Trinajstić information content (AvgIpc) is 2.96. The van der Waals surface area contributed by atoms with Crippen LogP contribution in [0, 0.1) is 0 Å². The number of ether oxygens (including phenoxy) is 1. The monoisotopic (exact) mass is 335 g/mol. The maximum atomic E-state index is 11.9. The first-order chi connectivity index (χ1) is 10.9. The molecule has 0 aliphatic rings. The third kappa shape index (κ3) is 2.69. The van der Waals surface area contributed by atoms with E-state index < -0.39 is 15.7 Å². The molecule has 0 atom stereocenters. The number of imidazole rings is 1. The lowest BCUT2D eigenvalue weighted by Crippen LogP contribution is -2.18. The summed E-state index contributed by atoms with van der Waals surface area (Å²) >= 11 is 0. The molecule has 0 radical (unpaired) electrons. The van der Waals surface area contributed by atoms with Gasteiger partial charge in [0.25, 0.3) is 0 Å². The van der Waals surface area contributed by atoms with Gasteiger partial charge in [-0.3, -0.25) is 0 Å². The highest BCUT2D eigenvalue weighted by molar-refractivity contribution is 7.89. The number of aromatic amines is 1. The van der Waals surface area contributed by atoms with Gasteiger partial charge in [-0.2, -0.15) is 4.98 Å². The van der Waals surface area contributed by atoms with E-state index >= 15 is 0 Å². The third-order valence-corrected chi connectivity index (χ3v) is 4.69. The molecule has 2 N–H and O–H groups in total. The smallest absolute Gasteiger partial charge is 0.360 e. The maximum absolute atomic E-state index is 11.9. The van der Waals surface area contributed by atoms with E-state index in [1.165, 1.54) is 37.0 Å². The number of aromatic nitrogens is 4. The summed E-state index contributed by atoms with van der Waals surface area (Å²) in [7, 11) is -0.800. The Hall–Kier alpha value is -2.72. The molecule has 0 saturated carbocycles. The number of hydrogen-bond acceptors (Lipinski definition) is 6. The first kappa shape index (κ1) is 15.2. The third-order valence-electron chi connectivity index (χ3n) is 3.27. The van der Waals surface area contributed by atoms with Crippen LogP contribution in [0.2, 0.25) is 0 Å². The molecule has 3 rings (SSSR count). The molecule has 23 heavy (non-hydrogen) atoms. The van der Waals surface area contributed by atoms with Gasteiger partial charge in [-0.05, 0) is 19.2 Å². The molecule has 3 aromatic rings.